The standard InChI is InChI=1S/C20H23N5O4S/c1-14(30-18-6-3-16(4-7-18)22-15(2)26)20(27)24-11-9-23(10-12-24)17-5-8-19(21-13-17)25(28)29/h3-8,13-14H,9-12H2,1-2H3,(H,22,26). The summed E-state index contributed by atoms with van der Waals surface area (Å²) in [5.74, 6) is -0.224. The summed E-state index contributed by atoms with van der Waals surface area (Å²) in [6.07, 6.45) is 1.50. The van der Waals surface area contributed by atoms with Gasteiger partial charge in [0.05, 0.1) is 10.9 Å². The number of carbonyl (C=O) groups excluding carboxylic acids is 2. The molecule has 2 aromatic rings. The van der Waals surface area contributed by atoms with Crippen molar-refractivity contribution in [2.45, 2.75) is 24.0 Å². The average molecular weight is 430 g/mol. The van der Waals surface area contributed by atoms with Crippen molar-refractivity contribution in [2.75, 3.05) is 36.4 Å². The van der Waals surface area contributed by atoms with E-state index in [1.165, 1.54) is 30.9 Å². The molecule has 1 saturated heterocycles. The minimum atomic E-state index is -0.521. The third-order valence-electron chi connectivity index (χ3n) is 4.71. The number of hydrogen-bond donors (Lipinski definition) is 1. The van der Waals surface area contributed by atoms with Crippen molar-refractivity contribution in [3.05, 3.63) is 52.7 Å². The number of nitrogens with one attached hydrogen (secondary N) is 1. The fourth-order valence-corrected chi connectivity index (χ4v) is 4.14. The van der Waals surface area contributed by atoms with Gasteiger partial charge in [0.15, 0.2) is 6.20 Å². The summed E-state index contributed by atoms with van der Waals surface area (Å²) in [5, 5.41) is 13.2. The topological polar surface area (TPSA) is 109 Å². The summed E-state index contributed by atoms with van der Waals surface area (Å²) < 4.78 is 0. The summed E-state index contributed by atoms with van der Waals surface area (Å²) in [4.78, 5) is 42.9. The van der Waals surface area contributed by atoms with Crippen LogP contribution in [0.15, 0.2) is 47.5 Å². The third-order valence-corrected chi connectivity index (χ3v) is 5.81. The fraction of sp³-hybridized carbons (Fsp3) is 0.350. The number of nitro groups is 1. The van der Waals surface area contributed by atoms with Crippen LogP contribution in [-0.4, -0.2) is 58.1 Å². The number of rotatable bonds is 6. The molecule has 3 rings (SSSR count). The summed E-state index contributed by atoms with van der Waals surface area (Å²) in [6, 6.07) is 10.5. The Labute approximate surface area is 178 Å². The predicted molar refractivity (Wildman–Crippen MR) is 116 cm³/mol. The molecule has 1 atom stereocenters. The molecule has 0 radical (unpaired) electrons. The first-order chi connectivity index (χ1) is 14.3. The van der Waals surface area contributed by atoms with Gasteiger partial charge in [0.2, 0.25) is 11.8 Å². The van der Waals surface area contributed by atoms with Crippen molar-refractivity contribution in [2.24, 2.45) is 0 Å². The third kappa shape index (κ3) is 5.47. The van der Waals surface area contributed by atoms with Gasteiger partial charge in [-0.15, -0.1) is 11.8 Å². The number of nitrogens with zero attached hydrogens (tertiary/aromatic N) is 4. The second-order valence-corrected chi connectivity index (χ2v) is 8.32. The highest BCUT2D eigenvalue weighted by Gasteiger charge is 2.26. The molecule has 1 fully saturated rings. The second-order valence-electron chi connectivity index (χ2n) is 6.91. The van der Waals surface area contributed by atoms with Crippen LogP contribution in [0, 0.1) is 10.1 Å². The summed E-state index contributed by atoms with van der Waals surface area (Å²) in [5.41, 5.74) is 1.54. The molecule has 9 nitrogen and oxygen atoms in total. The zero-order chi connectivity index (χ0) is 21.7. The van der Waals surface area contributed by atoms with Gasteiger partial charge < -0.3 is 25.2 Å². The number of pyridine rings is 1. The van der Waals surface area contributed by atoms with Gasteiger partial charge in [-0.25, -0.2) is 0 Å². The van der Waals surface area contributed by atoms with Gasteiger partial charge >= 0.3 is 5.82 Å². The van der Waals surface area contributed by atoms with Crippen molar-refractivity contribution in [3.8, 4) is 0 Å². The van der Waals surface area contributed by atoms with Crippen molar-refractivity contribution in [1.82, 2.24) is 9.88 Å². The Kier molecular flexibility index (Phi) is 6.88. The van der Waals surface area contributed by atoms with E-state index in [0.717, 1.165) is 16.3 Å². The fourth-order valence-electron chi connectivity index (χ4n) is 3.19. The number of piperazine rings is 1. The Hall–Kier alpha value is -3.14. The van der Waals surface area contributed by atoms with Crippen LogP contribution in [-0.2, 0) is 9.59 Å². The highest BCUT2D eigenvalue weighted by atomic mass is 32.2. The molecule has 1 aromatic carbocycles. The molecule has 1 aromatic heterocycles. The number of anilines is 2. The minimum absolute atomic E-state index is 0.0763. The molecule has 0 saturated carbocycles. The molecule has 1 aliphatic rings. The lowest BCUT2D eigenvalue weighted by molar-refractivity contribution is -0.389. The summed E-state index contributed by atoms with van der Waals surface area (Å²) in [6.45, 7) is 5.81. The molecular formula is C20H23N5O4S. The quantitative estimate of drug-likeness (QED) is 0.427. The molecule has 2 heterocycles. The van der Waals surface area contributed by atoms with Crippen LogP contribution in [0.2, 0.25) is 0 Å². The zero-order valence-corrected chi connectivity index (χ0v) is 17.6. The number of aromatic nitrogens is 1. The molecule has 10 heteroatoms. The van der Waals surface area contributed by atoms with Crippen LogP contribution < -0.4 is 10.2 Å². The van der Waals surface area contributed by atoms with Gasteiger partial charge in [-0.3, -0.25) is 9.59 Å². The van der Waals surface area contributed by atoms with Gasteiger partial charge in [0.1, 0.15) is 0 Å². The lowest BCUT2D eigenvalue weighted by Crippen LogP contribution is -2.50. The molecule has 0 bridgehead atoms. The maximum Gasteiger partial charge on any atom is 0.363 e. The van der Waals surface area contributed by atoms with E-state index in [4.69, 9.17) is 0 Å². The molecule has 0 aliphatic carbocycles. The predicted octanol–water partition coefficient (Wildman–Crippen LogP) is 2.78. The molecule has 30 heavy (non-hydrogen) atoms. The average Bonchev–Trinajstić information content (AvgIpc) is 2.74. The minimum Gasteiger partial charge on any atom is -0.365 e. The van der Waals surface area contributed by atoms with Gasteiger partial charge in [-0.1, -0.05) is 0 Å². The number of carbonyl (C=O) groups is 2. The highest BCUT2D eigenvalue weighted by Crippen LogP contribution is 2.26. The maximum atomic E-state index is 12.8. The van der Waals surface area contributed by atoms with Crippen molar-refractivity contribution in [1.29, 1.82) is 0 Å². The van der Waals surface area contributed by atoms with E-state index in [-0.39, 0.29) is 22.9 Å². The Balaban J connectivity index is 1.51. The Morgan fingerprint density at radius 1 is 1.13 bits per heavy atom. The molecule has 1 N–H and O–H groups in total. The van der Waals surface area contributed by atoms with Gasteiger partial charge in [0, 0.05) is 49.8 Å². The zero-order valence-electron chi connectivity index (χ0n) is 16.8. The van der Waals surface area contributed by atoms with Crippen LogP contribution in [0.4, 0.5) is 17.2 Å². The van der Waals surface area contributed by atoms with E-state index >= 15 is 0 Å². The van der Waals surface area contributed by atoms with Gasteiger partial charge in [-0.2, -0.15) is 0 Å². The first-order valence-corrected chi connectivity index (χ1v) is 10.4. The Bertz CT molecular complexity index is 912. The smallest absolute Gasteiger partial charge is 0.363 e. The number of thioether (sulfide) groups is 1. The lowest BCUT2D eigenvalue weighted by atomic mass is 10.2. The second kappa shape index (κ2) is 9.57. The van der Waals surface area contributed by atoms with Crippen LogP contribution >= 0.6 is 11.8 Å². The maximum absolute atomic E-state index is 12.8. The van der Waals surface area contributed by atoms with E-state index in [1.54, 1.807) is 6.07 Å². The van der Waals surface area contributed by atoms with Crippen LogP contribution in [0.3, 0.4) is 0 Å². The van der Waals surface area contributed by atoms with Crippen molar-refractivity contribution in [3.63, 3.8) is 0 Å². The number of amides is 2. The van der Waals surface area contributed by atoms with Crippen LogP contribution in [0.1, 0.15) is 13.8 Å². The van der Waals surface area contributed by atoms with E-state index < -0.39 is 4.92 Å². The molecule has 0 spiro atoms. The monoisotopic (exact) mass is 429 g/mol. The van der Waals surface area contributed by atoms with Crippen molar-refractivity contribution >= 4 is 40.8 Å². The first-order valence-electron chi connectivity index (χ1n) is 9.52. The molecular weight excluding hydrogens is 406 g/mol. The SMILES string of the molecule is CC(=O)Nc1ccc(SC(C)C(=O)N2CCN(c3ccc([N+](=O)[O-])nc3)CC2)cc1. The van der Waals surface area contributed by atoms with Crippen LogP contribution in [0.25, 0.3) is 0 Å². The normalized spacial score (nSPS) is 14.9. The summed E-state index contributed by atoms with van der Waals surface area (Å²) >= 11 is 1.48. The van der Waals surface area contributed by atoms with E-state index in [9.17, 15) is 19.7 Å². The van der Waals surface area contributed by atoms with E-state index in [0.29, 0.717) is 26.2 Å². The number of benzene rings is 1. The molecule has 2 amide bonds. The highest BCUT2D eigenvalue weighted by molar-refractivity contribution is 8.00. The van der Waals surface area contributed by atoms with E-state index in [1.807, 2.05) is 36.1 Å². The largest absolute Gasteiger partial charge is 0.365 e. The van der Waals surface area contributed by atoms with Gasteiger partial charge in [0.25, 0.3) is 0 Å². The molecule has 158 valence electrons. The van der Waals surface area contributed by atoms with Crippen LogP contribution in [0.5, 0.6) is 0 Å². The first kappa shape index (κ1) is 21.6. The number of hydrogen-bond acceptors (Lipinski definition) is 7. The Morgan fingerprint density at radius 3 is 2.33 bits per heavy atom. The molecule has 1 aliphatic heterocycles. The van der Waals surface area contributed by atoms with Gasteiger partial charge in [-0.05, 0) is 47.2 Å². The lowest BCUT2D eigenvalue weighted by Gasteiger charge is -2.36. The Morgan fingerprint density at radius 2 is 1.80 bits per heavy atom. The molecule has 1 unspecified atom stereocenters. The van der Waals surface area contributed by atoms with E-state index in [2.05, 4.69) is 15.2 Å². The summed E-state index contributed by atoms with van der Waals surface area (Å²) in [7, 11) is 0. The van der Waals surface area contributed by atoms with Crippen molar-refractivity contribution < 1.29 is 14.5 Å².